The highest BCUT2D eigenvalue weighted by atomic mass is 16.1. The summed E-state index contributed by atoms with van der Waals surface area (Å²) in [7, 11) is 0. The minimum absolute atomic E-state index is 0.190. The molecule has 0 radical (unpaired) electrons. The van der Waals surface area contributed by atoms with Crippen molar-refractivity contribution in [3.05, 3.63) is 42.2 Å². The van der Waals surface area contributed by atoms with Crippen molar-refractivity contribution < 1.29 is 4.79 Å². The summed E-state index contributed by atoms with van der Waals surface area (Å²) in [4.78, 5) is 17.1. The number of nitrogens with zero attached hydrogens (tertiary/aromatic N) is 1. The third-order valence-corrected chi connectivity index (χ3v) is 4.42. The van der Waals surface area contributed by atoms with Gasteiger partial charge in [0, 0.05) is 28.8 Å². The van der Waals surface area contributed by atoms with Gasteiger partial charge >= 0.3 is 0 Å². The van der Waals surface area contributed by atoms with Crippen molar-refractivity contribution in [2.24, 2.45) is 5.41 Å². The van der Waals surface area contributed by atoms with Crippen molar-refractivity contribution >= 4 is 16.6 Å². The highest BCUT2D eigenvalue weighted by molar-refractivity contribution is 6.10. The zero-order valence-electron chi connectivity index (χ0n) is 11.4. The fourth-order valence-corrected chi connectivity index (χ4v) is 3.18. The highest BCUT2D eigenvalue weighted by Crippen LogP contribution is 2.39. The minimum Gasteiger partial charge on any atom is -0.293 e. The van der Waals surface area contributed by atoms with Crippen molar-refractivity contribution in [2.45, 2.75) is 39.0 Å². The van der Waals surface area contributed by atoms with Crippen LogP contribution in [0.3, 0.4) is 0 Å². The summed E-state index contributed by atoms with van der Waals surface area (Å²) in [5.74, 6) is 0.275. The smallest absolute Gasteiger partial charge is 0.170 e. The number of aromatic nitrogens is 1. The fraction of sp³-hybridized carbons (Fsp3) is 0.412. The monoisotopic (exact) mass is 253 g/mol. The van der Waals surface area contributed by atoms with Crippen LogP contribution in [0.15, 0.2) is 36.7 Å². The zero-order chi connectivity index (χ0) is 13.3. The molecule has 0 unspecified atom stereocenters. The Hall–Kier alpha value is -1.70. The van der Waals surface area contributed by atoms with E-state index >= 15 is 0 Å². The van der Waals surface area contributed by atoms with Gasteiger partial charge in [-0.1, -0.05) is 50.5 Å². The molecule has 3 rings (SSSR count). The molecule has 1 aromatic carbocycles. The van der Waals surface area contributed by atoms with Gasteiger partial charge in [0.25, 0.3) is 0 Å². The van der Waals surface area contributed by atoms with E-state index in [1.54, 1.807) is 6.20 Å². The zero-order valence-corrected chi connectivity index (χ0v) is 11.4. The average molecular weight is 253 g/mol. The van der Waals surface area contributed by atoms with Gasteiger partial charge in [0.15, 0.2) is 5.78 Å². The summed E-state index contributed by atoms with van der Waals surface area (Å²) in [6.07, 6.45) is 9.18. The second kappa shape index (κ2) is 4.76. The second-order valence-corrected chi connectivity index (χ2v) is 5.86. The molecule has 98 valence electrons. The second-order valence-electron chi connectivity index (χ2n) is 5.86. The summed E-state index contributed by atoms with van der Waals surface area (Å²) in [5.41, 5.74) is 0.604. The molecule has 0 spiro atoms. The maximum absolute atomic E-state index is 12.9. The summed E-state index contributed by atoms with van der Waals surface area (Å²) >= 11 is 0. The molecule has 0 aliphatic heterocycles. The third-order valence-electron chi connectivity index (χ3n) is 4.42. The van der Waals surface area contributed by atoms with Crippen LogP contribution in [-0.2, 0) is 0 Å². The molecule has 2 nitrogen and oxygen atoms in total. The Balaban J connectivity index is 2.06. The normalized spacial score (nSPS) is 18.4. The number of hydrogen-bond acceptors (Lipinski definition) is 2. The largest absolute Gasteiger partial charge is 0.293 e. The van der Waals surface area contributed by atoms with E-state index in [0.29, 0.717) is 0 Å². The Morgan fingerprint density at radius 3 is 2.63 bits per heavy atom. The van der Waals surface area contributed by atoms with Crippen LogP contribution in [0.4, 0.5) is 0 Å². The molecule has 2 heteroatoms. The van der Waals surface area contributed by atoms with Gasteiger partial charge in [-0.05, 0) is 18.2 Å². The van der Waals surface area contributed by atoms with Gasteiger partial charge in [-0.15, -0.1) is 0 Å². The number of carbonyl (C=O) groups is 1. The quantitative estimate of drug-likeness (QED) is 0.743. The maximum atomic E-state index is 12.9. The first-order valence-electron chi connectivity index (χ1n) is 7.08. The van der Waals surface area contributed by atoms with Gasteiger partial charge in [-0.25, -0.2) is 0 Å². The van der Waals surface area contributed by atoms with Gasteiger partial charge in [0.2, 0.25) is 0 Å². The number of fused-ring (bicyclic) bond motifs is 1. The van der Waals surface area contributed by atoms with Crippen molar-refractivity contribution in [1.29, 1.82) is 0 Å². The molecule has 0 saturated heterocycles. The van der Waals surface area contributed by atoms with E-state index in [9.17, 15) is 4.79 Å². The van der Waals surface area contributed by atoms with Crippen LogP contribution >= 0.6 is 0 Å². The topological polar surface area (TPSA) is 30.0 Å². The first-order chi connectivity index (χ1) is 9.21. The van der Waals surface area contributed by atoms with Crippen LogP contribution in [-0.4, -0.2) is 10.8 Å². The predicted molar refractivity (Wildman–Crippen MR) is 77.3 cm³/mol. The molecule has 0 bridgehead atoms. The Labute approximate surface area is 113 Å². The van der Waals surface area contributed by atoms with E-state index in [0.717, 1.165) is 29.2 Å². The number of carbonyl (C=O) groups excluding carboxylic acids is 1. The molecule has 1 fully saturated rings. The van der Waals surface area contributed by atoms with E-state index < -0.39 is 0 Å². The fourth-order valence-electron chi connectivity index (χ4n) is 3.18. The van der Waals surface area contributed by atoms with Gasteiger partial charge in [0.1, 0.15) is 0 Å². The van der Waals surface area contributed by atoms with Crippen molar-refractivity contribution in [3.8, 4) is 0 Å². The van der Waals surface area contributed by atoms with E-state index in [1.165, 1.54) is 19.3 Å². The molecule has 1 aliphatic rings. The lowest BCUT2D eigenvalue weighted by molar-refractivity contribution is 0.0751. The molecule has 19 heavy (non-hydrogen) atoms. The third kappa shape index (κ3) is 2.16. The Bertz CT molecular complexity index is 606. The lowest BCUT2D eigenvalue weighted by Crippen LogP contribution is -2.30. The SMILES string of the molecule is CC1(C(=O)c2cncc3ccccc23)CCCCC1. The molecule has 0 amide bonds. The molecule has 0 N–H and O–H groups in total. The van der Waals surface area contributed by atoms with E-state index in [-0.39, 0.29) is 11.2 Å². The maximum Gasteiger partial charge on any atom is 0.170 e. The van der Waals surface area contributed by atoms with Crippen LogP contribution in [0.1, 0.15) is 49.4 Å². The van der Waals surface area contributed by atoms with E-state index in [1.807, 2.05) is 30.5 Å². The molecule has 1 heterocycles. The van der Waals surface area contributed by atoms with Crippen LogP contribution < -0.4 is 0 Å². The number of ketones is 1. The molecular formula is C17H19NO. The number of Topliss-reactive ketones (excluding diaryl/α,β-unsaturated/α-hetero) is 1. The Morgan fingerprint density at radius 2 is 1.84 bits per heavy atom. The molecule has 1 saturated carbocycles. The van der Waals surface area contributed by atoms with Gasteiger partial charge in [-0.3, -0.25) is 9.78 Å². The lowest BCUT2D eigenvalue weighted by atomic mass is 9.71. The summed E-state index contributed by atoms with van der Waals surface area (Å²) < 4.78 is 0. The molecule has 0 atom stereocenters. The van der Waals surface area contributed by atoms with Crippen molar-refractivity contribution in [2.75, 3.05) is 0 Å². The Kier molecular flexibility index (Phi) is 3.09. The molecule has 1 aliphatic carbocycles. The first kappa shape index (κ1) is 12.3. The van der Waals surface area contributed by atoms with Gasteiger partial charge in [-0.2, -0.15) is 0 Å². The molecular weight excluding hydrogens is 234 g/mol. The van der Waals surface area contributed by atoms with Crippen LogP contribution in [0.2, 0.25) is 0 Å². The van der Waals surface area contributed by atoms with Gasteiger partial charge < -0.3 is 0 Å². The molecule has 2 aromatic rings. The van der Waals surface area contributed by atoms with E-state index in [4.69, 9.17) is 0 Å². The van der Waals surface area contributed by atoms with Crippen molar-refractivity contribution in [3.63, 3.8) is 0 Å². The highest BCUT2D eigenvalue weighted by Gasteiger charge is 2.35. The summed E-state index contributed by atoms with van der Waals surface area (Å²) in [6.45, 7) is 2.12. The lowest BCUT2D eigenvalue weighted by Gasteiger charge is -2.32. The molecule has 1 aromatic heterocycles. The van der Waals surface area contributed by atoms with E-state index in [2.05, 4.69) is 11.9 Å². The number of benzene rings is 1. The number of rotatable bonds is 2. The first-order valence-corrected chi connectivity index (χ1v) is 7.08. The Morgan fingerprint density at radius 1 is 1.11 bits per heavy atom. The van der Waals surface area contributed by atoms with Crippen LogP contribution in [0.25, 0.3) is 10.8 Å². The number of hydrogen-bond donors (Lipinski definition) is 0. The summed E-state index contributed by atoms with van der Waals surface area (Å²) in [6, 6.07) is 8.02. The minimum atomic E-state index is -0.190. The standard InChI is InChI=1S/C17H19NO/c1-17(9-5-2-6-10-17)16(19)15-12-18-11-13-7-3-4-8-14(13)15/h3-4,7-8,11-12H,2,5-6,9-10H2,1H3. The summed E-state index contributed by atoms with van der Waals surface area (Å²) in [5, 5.41) is 2.09. The van der Waals surface area contributed by atoms with Gasteiger partial charge in [0.05, 0.1) is 0 Å². The predicted octanol–water partition coefficient (Wildman–Crippen LogP) is 4.39. The average Bonchev–Trinajstić information content (AvgIpc) is 2.47. The van der Waals surface area contributed by atoms with Crippen LogP contribution in [0.5, 0.6) is 0 Å². The number of pyridine rings is 1. The van der Waals surface area contributed by atoms with Crippen LogP contribution in [0, 0.1) is 5.41 Å². The van der Waals surface area contributed by atoms with Crippen molar-refractivity contribution in [1.82, 2.24) is 4.98 Å².